The average molecular weight is 396 g/mol. The molecule has 138 valence electrons. The number of carbonyl (C=O) groups excluding carboxylic acids is 1. The first-order chi connectivity index (χ1) is 11.7. The van der Waals surface area contributed by atoms with Gasteiger partial charge < -0.3 is 10.1 Å². The van der Waals surface area contributed by atoms with Crippen LogP contribution in [0.5, 0.6) is 5.75 Å². The molecule has 1 amide bonds. The Morgan fingerprint density at radius 1 is 1.44 bits per heavy atom. The fraction of sp³-hybridized carbons (Fsp3) is 0.571. The van der Waals surface area contributed by atoms with E-state index in [9.17, 15) is 22.0 Å². The van der Waals surface area contributed by atoms with Crippen molar-refractivity contribution in [3.8, 4) is 5.75 Å². The Kier molecular flexibility index (Phi) is 4.86. The first-order valence-corrected chi connectivity index (χ1v) is 9.53. The largest absolute Gasteiger partial charge is 0.490 e. The number of nitrogens with one attached hydrogen (secondary N) is 2. The lowest BCUT2D eigenvalue weighted by atomic mass is 10.2. The Labute approximate surface area is 148 Å². The number of pyridine rings is 1. The molecule has 1 aromatic heterocycles. The molecule has 1 aromatic rings. The number of hydrogen-bond donors (Lipinski definition) is 2. The molecule has 2 N–H and O–H groups in total. The number of halogens is 3. The van der Waals surface area contributed by atoms with Crippen LogP contribution in [0.1, 0.15) is 36.0 Å². The van der Waals surface area contributed by atoms with Crippen molar-refractivity contribution in [2.45, 2.75) is 43.0 Å². The van der Waals surface area contributed by atoms with Crippen molar-refractivity contribution in [3.05, 3.63) is 23.0 Å². The number of ether oxygens (including phenoxy) is 1. The molecule has 0 atom stereocenters. The Bertz CT molecular complexity index is 782. The van der Waals surface area contributed by atoms with Crippen LogP contribution in [0.4, 0.5) is 8.78 Å². The van der Waals surface area contributed by atoms with Crippen LogP contribution in [0.25, 0.3) is 0 Å². The van der Waals surface area contributed by atoms with E-state index in [2.05, 4.69) is 10.3 Å². The van der Waals surface area contributed by atoms with Crippen molar-refractivity contribution in [2.24, 2.45) is 0 Å². The molecule has 7 nitrogen and oxygen atoms in total. The van der Waals surface area contributed by atoms with Crippen LogP contribution in [-0.4, -0.2) is 43.3 Å². The van der Waals surface area contributed by atoms with Gasteiger partial charge in [0, 0.05) is 6.04 Å². The molecular formula is C14H16ClF2N3O4S. The zero-order valence-electron chi connectivity index (χ0n) is 13.0. The molecule has 0 radical (unpaired) electrons. The molecular weight excluding hydrogens is 380 g/mol. The van der Waals surface area contributed by atoms with E-state index in [1.807, 2.05) is 4.72 Å². The molecule has 0 aliphatic heterocycles. The van der Waals surface area contributed by atoms with E-state index in [0.29, 0.717) is 12.8 Å². The first-order valence-electron chi connectivity index (χ1n) is 7.61. The summed E-state index contributed by atoms with van der Waals surface area (Å²) in [6.07, 6.45) is 3.89. The van der Waals surface area contributed by atoms with Crippen molar-refractivity contribution in [1.29, 1.82) is 0 Å². The second-order valence-corrected chi connectivity index (χ2v) is 8.24. The lowest BCUT2D eigenvalue weighted by molar-refractivity contribution is 0.0950. The Morgan fingerprint density at radius 3 is 2.68 bits per heavy atom. The van der Waals surface area contributed by atoms with Crippen molar-refractivity contribution >= 4 is 27.5 Å². The van der Waals surface area contributed by atoms with E-state index >= 15 is 0 Å². The van der Waals surface area contributed by atoms with Gasteiger partial charge in [0.2, 0.25) is 0 Å². The summed E-state index contributed by atoms with van der Waals surface area (Å²) in [7, 11) is -4.70. The molecule has 0 unspecified atom stereocenters. The molecule has 0 aromatic carbocycles. The van der Waals surface area contributed by atoms with Gasteiger partial charge in [0.05, 0.1) is 17.3 Å². The molecule has 2 saturated carbocycles. The fourth-order valence-electron chi connectivity index (χ4n) is 2.15. The molecule has 3 rings (SSSR count). The standard InChI is InChI=1S/C14H16ClF2N3O4S/c15-11-10(12(21)19-8-1-2-8)5-9(6-18-11)24-7-14(3-4-14)20-25(22,23)13(16)17/h5-6,8,13,20H,1-4,7H2,(H,19,21). The second kappa shape index (κ2) is 6.65. The number of nitrogens with zero attached hydrogens (tertiary/aromatic N) is 1. The summed E-state index contributed by atoms with van der Waals surface area (Å²) in [6.45, 7) is -0.147. The van der Waals surface area contributed by atoms with Crippen LogP contribution in [0.3, 0.4) is 0 Å². The van der Waals surface area contributed by atoms with Crippen LogP contribution < -0.4 is 14.8 Å². The first kappa shape index (κ1) is 18.3. The third kappa shape index (κ3) is 4.56. The van der Waals surface area contributed by atoms with Gasteiger partial charge in [-0.3, -0.25) is 4.79 Å². The van der Waals surface area contributed by atoms with Gasteiger partial charge in [-0.2, -0.15) is 8.78 Å². The highest BCUT2D eigenvalue weighted by Gasteiger charge is 2.48. The lowest BCUT2D eigenvalue weighted by Crippen LogP contribution is -2.43. The predicted octanol–water partition coefficient (Wildman–Crippen LogP) is 1.68. The molecule has 2 aliphatic carbocycles. The quantitative estimate of drug-likeness (QED) is 0.653. The number of sulfonamides is 1. The van der Waals surface area contributed by atoms with Gasteiger partial charge in [0.25, 0.3) is 15.9 Å². The van der Waals surface area contributed by atoms with Gasteiger partial charge in [0.1, 0.15) is 17.5 Å². The van der Waals surface area contributed by atoms with Gasteiger partial charge >= 0.3 is 5.76 Å². The number of alkyl halides is 2. The van der Waals surface area contributed by atoms with E-state index in [1.54, 1.807) is 0 Å². The van der Waals surface area contributed by atoms with Crippen LogP contribution >= 0.6 is 11.6 Å². The van der Waals surface area contributed by atoms with Crippen LogP contribution in [0.2, 0.25) is 5.15 Å². The van der Waals surface area contributed by atoms with Crippen LogP contribution in [0.15, 0.2) is 12.3 Å². The molecule has 1 heterocycles. The van der Waals surface area contributed by atoms with E-state index in [-0.39, 0.29) is 35.0 Å². The zero-order valence-corrected chi connectivity index (χ0v) is 14.5. The minimum Gasteiger partial charge on any atom is -0.490 e. The normalized spacial score (nSPS) is 18.9. The molecule has 0 bridgehead atoms. The second-order valence-electron chi connectivity index (χ2n) is 6.23. The molecule has 2 fully saturated rings. The number of hydrogen-bond acceptors (Lipinski definition) is 5. The van der Waals surface area contributed by atoms with Crippen molar-refractivity contribution < 1.29 is 26.7 Å². The monoisotopic (exact) mass is 395 g/mol. The summed E-state index contributed by atoms with van der Waals surface area (Å²) < 4.78 is 54.9. The molecule has 2 aliphatic rings. The van der Waals surface area contributed by atoms with E-state index in [4.69, 9.17) is 16.3 Å². The highest BCUT2D eigenvalue weighted by atomic mass is 35.5. The van der Waals surface area contributed by atoms with Gasteiger partial charge in [-0.25, -0.2) is 18.1 Å². The van der Waals surface area contributed by atoms with Crippen LogP contribution in [0, 0.1) is 0 Å². The van der Waals surface area contributed by atoms with Gasteiger partial charge in [-0.15, -0.1) is 0 Å². The molecule has 0 spiro atoms. The maximum atomic E-state index is 12.5. The SMILES string of the molecule is O=C(NC1CC1)c1cc(OCC2(NS(=O)(=O)C(F)F)CC2)cnc1Cl. The van der Waals surface area contributed by atoms with E-state index < -0.39 is 21.3 Å². The summed E-state index contributed by atoms with van der Waals surface area (Å²) in [6, 6.07) is 1.54. The third-order valence-corrected chi connectivity index (χ3v) is 5.42. The zero-order chi connectivity index (χ0) is 18.2. The number of amides is 1. The highest BCUT2D eigenvalue weighted by Crippen LogP contribution is 2.37. The summed E-state index contributed by atoms with van der Waals surface area (Å²) in [5.41, 5.74) is -0.908. The fourth-order valence-corrected chi connectivity index (χ4v) is 3.30. The van der Waals surface area contributed by atoms with Crippen molar-refractivity contribution in [2.75, 3.05) is 6.61 Å². The maximum Gasteiger partial charge on any atom is 0.350 e. The number of rotatable bonds is 8. The summed E-state index contributed by atoms with van der Waals surface area (Å²) in [5.74, 6) is -3.67. The van der Waals surface area contributed by atoms with Crippen LogP contribution in [-0.2, 0) is 10.0 Å². The Hall–Kier alpha value is -1.52. The Balaban J connectivity index is 1.64. The predicted molar refractivity (Wildman–Crippen MR) is 85.3 cm³/mol. The number of aromatic nitrogens is 1. The topological polar surface area (TPSA) is 97.4 Å². The molecule has 25 heavy (non-hydrogen) atoms. The lowest BCUT2D eigenvalue weighted by Gasteiger charge is -2.18. The minimum absolute atomic E-state index is 0.0186. The molecule has 0 saturated heterocycles. The Morgan fingerprint density at radius 2 is 2.12 bits per heavy atom. The number of carbonyl (C=O) groups is 1. The van der Waals surface area contributed by atoms with Gasteiger partial charge in [0.15, 0.2) is 0 Å². The minimum atomic E-state index is -4.70. The smallest absolute Gasteiger partial charge is 0.350 e. The van der Waals surface area contributed by atoms with E-state index in [1.165, 1.54) is 12.3 Å². The van der Waals surface area contributed by atoms with Gasteiger partial charge in [-0.1, -0.05) is 11.6 Å². The van der Waals surface area contributed by atoms with E-state index in [0.717, 1.165) is 12.8 Å². The average Bonchev–Trinajstić information content (AvgIpc) is 3.44. The van der Waals surface area contributed by atoms with Crippen molar-refractivity contribution in [3.63, 3.8) is 0 Å². The van der Waals surface area contributed by atoms with Gasteiger partial charge in [-0.05, 0) is 31.7 Å². The molecule has 11 heteroatoms. The highest BCUT2D eigenvalue weighted by molar-refractivity contribution is 7.89. The third-order valence-electron chi connectivity index (χ3n) is 3.93. The summed E-state index contributed by atoms with van der Waals surface area (Å²) in [4.78, 5) is 16.0. The van der Waals surface area contributed by atoms with Crippen molar-refractivity contribution in [1.82, 2.24) is 15.0 Å². The summed E-state index contributed by atoms with van der Waals surface area (Å²) >= 11 is 5.92. The summed E-state index contributed by atoms with van der Waals surface area (Å²) in [5, 5.41) is 2.79. The maximum absolute atomic E-state index is 12.5.